The highest BCUT2D eigenvalue weighted by atomic mass is 19.4. The van der Waals surface area contributed by atoms with Crippen molar-refractivity contribution in [2.45, 2.75) is 37.9 Å². The molecule has 6 heteroatoms. The van der Waals surface area contributed by atoms with E-state index in [1.54, 1.807) is 0 Å². The Balaban J connectivity index is 2.08. The smallest absolute Gasteiger partial charge is 0.371 e. The maximum Gasteiger partial charge on any atom is 0.411 e. The van der Waals surface area contributed by atoms with Gasteiger partial charge < -0.3 is 15.8 Å². The van der Waals surface area contributed by atoms with E-state index >= 15 is 0 Å². The lowest BCUT2D eigenvalue weighted by Gasteiger charge is -2.31. The van der Waals surface area contributed by atoms with Crippen molar-refractivity contribution >= 4 is 0 Å². The summed E-state index contributed by atoms with van der Waals surface area (Å²) in [6.45, 7) is 0.0191. The molecule has 1 saturated carbocycles. The minimum absolute atomic E-state index is 0.0906. The molecule has 0 saturated heterocycles. The minimum Gasteiger partial charge on any atom is -0.371 e. The van der Waals surface area contributed by atoms with Crippen molar-refractivity contribution in [1.29, 1.82) is 0 Å². The van der Waals surface area contributed by atoms with Crippen LogP contribution in [-0.2, 0) is 4.74 Å². The number of rotatable bonds is 6. The fraction of sp³-hybridized carbons (Fsp3) is 1.00. The van der Waals surface area contributed by atoms with E-state index in [0.29, 0.717) is 25.0 Å². The third-order valence-corrected chi connectivity index (χ3v) is 3.13. The van der Waals surface area contributed by atoms with Crippen molar-refractivity contribution in [3.8, 4) is 0 Å². The van der Waals surface area contributed by atoms with Crippen LogP contribution in [0.2, 0.25) is 0 Å². The summed E-state index contributed by atoms with van der Waals surface area (Å²) in [5.74, 6) is 0.450. The number of nitrogens with one attached hydrogen (secondary N) is 1. The first kappa shape index (κ1) is 14.7. The van der Waals surface area contributed by atoms with Gasteiger partial charge in [0.05, 0.1) is 6.61 Å². The van der Waals surface area contributed by atoms with Gasteiger partial charge in [-0.25, -0.2) is 0 Å². The third-order valence-electron chi connectivity index (χ3n) is 3.13. The number of hydrogen-bond acceptors (Lipinski definition) is 3. The van der Waals surface area contributed by atoms with Gasteiger partial charge in [0.25, 0.3) is 0 Å². The van der Waals surface area contributed by atoms with E-state index in [2.05, 4.69) is 10.1 Å². The first-order valence-corrected chi connectivity index (χ1v) is 6.11. The van der Waals surface area contributed by atoms with Crippen molar-refractivity contribution in [2.24, 2.45) is 11.7 Å². The lowest BCUT2D eigenvalue weighted by Crippen LogP contribution is -2.43. The van der Waals surface area contributed by atoms with Gasteiger partial charge in [-0.1, -0.05) is 12.8 Å². The van der Waals surface area contributed by atoms with E-state index in [-0.39, 0.29) is 6.61 Å². The normalized spacial score (nSPS) is 26.1. The Labute approximate surface area is 99.9 Å². The second-order valence-corrected chi connectivity index (χ2v) is 4.51. The van der Waals surface area contributed by atoms with Crippen LogP contribution in [0.15, 0.2) is 0 Å². The molecule has 1 fully saturated rings. The Morgan fingerprint density at radius 2 is 1.94 bits per heavy atom. The molecule has 17 heavy (non-hydrogen) atoms. The van der Waals surface area contributed by atoms with Crippen LogP contribution in [0.5, 0.6) is 0 Å². The Hall–Kier alpha value is -0.330. The molecule has 0 aromatic rings. The van der Waals surface area contributed by atoms with Gasteiger partial charge in [-0.05, 0) is 25.3 Å². The third kappa shape index (κ3) is 6.24. The molecule has 1 rings (SSSR count). The lowest BCUT2D eigenvalue weighted by atomic mass is 9.84. The van der Waals surface area contributed by atoms with Crippen LogP contribution in [0.1, 0.15) is 25.7 Å². The molecule has 0 aliphatic heterocycles. The maximum atomic E-state index is 11.8. The first-order chi connectivity index (χ1) is 8.03. The van der Waals surface area contributed by atoms with E-state index in [1.807, 2.05) is 0 Å². The highest BCUT2D eigenvalue weighted by Gasteiger charge is 2.27. The van der Waals surface area contributed by atoms with Crippen molar-refractivity contribution in [3.63, 3.8) is 0 Å². The molecule has 0 heterocycles. The molecule has 1 aliphatic rings. The molecule has 3 N–H and O–H groups in total. The summed E-state index contributed by atoms with van der Waals surface area (Å²) in [4.78, 5) is 0. The van der Waals surface area contributed by atoms with Gasteiger partial charge in [0.2, 0.25) is 0 Å². The summed E-state index contributed by atoms with van der Waals surface area (Å²) < 4.78 is 39.9. The van der Waals surface area contributed by atoms with E-state index in [0.717, 1.165) is 19.3 Å². The average Bonchev–Trinajstić information content (AvgIpc) is 2.27. The summed E-state index contributed by atoms with van der Waals surface area (Å²) in [5, 5.41) is 3.24. The molecule has 0 aromatic heterocycles. The van der Waals surface area contributed by atoms with E-state index in [9.17, 15) is 13.2 Å². The Kier molecular flexibility index (Phi) is 6.22. The van der Waals surface area contributed by atoms with Crippen LogP contribution in [0.3, 0.4) is 0 Å². The topological polar surface area (TPSA) is 47.3 Å². The summed E-state index contributed by atoms with van der Waals surface area (Å²) in [7, 11) is 0. The highest BCUT2D eigenvalue weighted by Crippen LogP contribution is 2.23. The first-order valence-electron chi connectivity index (χ1n) is 6.11. The van der Waals surface area contributed by atoms with Crippen molar-refractivity contribution in [2.75, 3.05) is 26.3 Å². The second-order valence-electron chi connectivity index (χ2n) is 4.51. The Morgan fingerprint density at radius 3 is 2.59 bits per heavy atom. The van der Waals surface area contributed by atoms with Crippen LogP contribution < -0.4 is 11.1 Å². The zero-order valence-electron chi connectivity index (χ0n) is 9.93. The van der Waals surface area contributed by atoms with Gasteiger partial charge in [-0.15, -0.1) is 0 Å². The second kappa shape index (κ2) is 7.18. The van der Waals surface area contributed by atoms with E-state index in [1.165, 1.54) is 6.42 Å². The standard InChI is InChI=1S/C11H21F3N2O/c12-11(13,14)8-17-6-5-16-10-4-2-1-3-9(10)7-15/h9-10,16H,1-8,15H2. The molecule has 2 atom stereocenters. The predicted molar refractivity (Wildman–Crippen MR) is 59.7 cm³/mol. The van der Waals surface area contributed by atoms with Crippen LogP contribution in [-0.4, -0.2) is 38.5 Å². The number of halogens is 3. The van der Waals surface area contributed by atoms with Gasteiger partial charge in [-0.2, -0.15) is 13.2 Å². The monoisotopic (exact) mass is 254 g/mol. The quantitative estimate of drug-likeness (QED) is 0.709. The fourth-order valence-electron chi connectivity index (χ4n) is 2.26. The highest BCUT2D eigenvalue weighted by molar-refractivity contribution is 4.81. The molecule has 3 nitrogen and oxygen atoms in total. The SMILES string of the molecule is NCC1CCCCC1NCCOCC(F)(F)F. The van der Waals surface area contributed by atoms with Gasteiger partial charge in [0, 0.05) is 12.6 Å². The molecule has 0 aromatic carbocycles. The van der Waals surface area contributed by atoms with Crippen LogP contribution in [0.4, 0.5) is 13.2 Å². The van der Waals surface area contributed by atoms with Crippen LogP contribution in [0, 0.1) is 5.92 Å². The lowest BCUT2D eigenvalue weighted by molar-refractivity contribution is -0.173. The zero-order chi connectivity index (χ0) is 12.7. The van der Waals surface area contributed by atoms with Gasteiger partial charge in [0.15, 0.2) is 0 Å². The number of alkyl halides is 3. The summed E-state index contributed by atoms with van der Waals surface area (Å²) >= 11 is 0. The maximum absolute atomic E-state index is 11.8. The molecule has 0 spiro atoms. The Morgan fingerprint density at radius 1 is 1.24 bits per heavy atom. The van der Waals surface area contributed by atoms with Crippen molar-refractivity contribution in [1.82, 2.24) is 5.32 Å². The molecule has 2 unspecified atom stereocenters. The number of ether oxygens (including phenoxy) is 1. The average molecular weight is 254 g/mol. The molecule has 1 aliphatic carbocycles. The van der Waals surface area contributed by atoms with Gasteiger partial charge >= 0.3 is 6.18 Å². The summed E-state index contributed by atoms with van der Waals surface area (Å²) in [5.41, 5.74) is 5.66. The molecular formula is C11H21F3N2O. The van der Waals surface area contributed by atoms with Gasteiger partial charge in [0.1, 0.15) is 6.61 Å². The zero-order valence-corrected chi connectivity index (χ0v) is 9.93. The molecular weight excluding hydrogens is 233 g/mol. The molecule has 0 bridgehead atoms. The predicted octanol–water partition coefficient (Wildman–Crippen LogP) is 1.67. The van der Waals surface area contributed by atoms with Crippen LogP contribution in [0.25, 0.3) is 0 Å². The van der Waals surface area contributed by atoms with Crippen molar-refractivity contribution in [3.05, 3.63) is 0 Å². The largest absolute Gasteiger partial charge is 0.411 e. The fourth-order valence-corrected chi connectivity index (χ4v) is 2.26. The Bertz CT molecular complexity index is 211. The van der Waals surface area contributed by atoms with E-state index < -0.39 is 12.8 Å². The van der Waals surface area contributed by atoms with Crippen LogP contribution >= 0.6 is 0 Å². The molecule has 0 amide bonds. The minimum atomic E-state index is -4.23. The van der Waals surface area contributed by atoms with Gasteiger partial charge in [-0.3, -0.25) is 0 Å². The molecule has 0 radical (unpaired) electrons. The molecule has 102 valence electrons. The number of hydrogen-bond donors (Lipinski definition) is 2. The number of nitrogens with two attached hydrogens (primary N) is 1. The van der Waals surface area contributed by atoms with E-state index in [4.69, 9.17) is 5.73 Å². The van der Waals surface area contributed by atoms with Crippen molar-refractivity contribution < 1.29 is 17.9 Å². The summed E-state index contributed by atoms with van der Waals surface area (Å²) in [6, 6.07) is 0.336. The summed E-state index contributed by atoms with van der Waals surface area (Å²) in [6.07, 6.45) is 0.297.